The second-order valence-electron chi connectivity index (χ2n) is 11.1. The van der Waals surface area contributed by atoms with Gasteiger partial charge in [0.05, 0.1) is 12.4 Å². The quantitative estimate of drug-likeness (QED) is 0.239. The molecule has 2 aromatic heterocycles. The van der Waals surface area contributed by atoms with Crippen LogP contribution in [0.3, 0.4) is 0 Å². The molecule has 1 N–H and O–H groups in total. The number of para-hydroxylation sites is 1. The molecule has 1 saturated carbocycles. The number of nitrogens with one attached hydrogen (secondary N) is 1. The summed E-state index contributed by atoms with van der Waals surface area (Å²) >= 11 is 0. The molecular formula is C31H35N5O4. The Morgan fingerprint density at radius 3 is 2.50 bits per heavy atom. The molecule has 1 fully saturated rings. The van der Waals surface area contributed by atoms with E-state index in [-0.39, 0.29) is 5.92 Å². The molecule has 4 aromatic rings. The average Bonchev–Trinajstić information content (AvgIpc) is 3.43. The molecule has 1 amide bonds. The van der Waals surface area contributed by atoms with Crippen molar-refractivity contribution in [1.82, 2.24) is 25.3 Å². The SMILES string of the molecule is CC(Cc1ccccc1Oc1ccnc(-n2nccn2)c1)c1cccc(OC2(NC(=O)OC(C)(C)C)CCC2)c1. The number of amides is 1. The lowest BCUT2D eigenvalue weighted by molar-refractivity contribution is -0.0458. The third kappa shape index (κ3) is 6.77. The number of carbonyl (C=O) groups is 1. The highest BCUT2D eigenvalue weighted by Gasteiger charge is 2.42. The molecule has 0 spiro atoms. The molecule has 40 heavy (non-hydrogen) atoms. The number of rotatable bonds is 9. The van der Waals surface area contributed by atoms with E-state index < -0.39 is 17.4 Å². The van der Waals surface area contributed by atoms with Crippen molar-refractivity contribution >= 4 is 6.09 Å². The molecule has 5 rings (SSSR count). The number of hydrogen-bond donors (Lipinski definition) is 1. The standard InChI is InChI=1S/C31H35N5O4/c1-22(23-10-7-11-26(20-23)39-31(14-8-15-31)35-29(37)40-30(2,3)4)19-24-9-5-6-12-27(24)38-25-13-16-32-28(21-25)36-33-17-18-34-36/h5-7,9-13,16-18,20-22H,8,14-15,19H2,1-4H3,(H,35,37). The molecule has 2 aromatic carbocycles. The molecule has 208 valence electrons. The van der Waals surface area contributed by atoms with Gasteiger partial charge in [0.1, 0.15) is 22.8 Å². The minimum absolute atomic E-state index is 0.186. The van der Waals surface area contributed by atoms with Crippen molar-refractivity contribution in [3.05, 3.63) is 90.4 Å². The Balaban J connectivity index is 1.27. The van der Waals surface area contributed by atoms with Crippen LogP contribution in [0.4, 0.5) is 4.79 Å². The van der Waals surface area contributed by atoms with Crippen LogP contribution < -0.4 is 14.8 Å². The van der Waals surface area contributed by atoms with Gasteiger partial charge >= 0.3 is 6.09 Å². The van der Waals surface area contributed by atoms with Crippen LogP contribution in [0.25, 0.3) is 5.82 Å². The molecule has 9 heteroatoms. The van der Waals surface area contributed by atoms with Crippen molar-refractivity contribution in [2.24, 2.45) is 0 Å². The first-order valence-corrected chi connectivity index (χ1v) is 13.6. The van der Waals surface area contributed by atoms with Gasteiger partial charge in [-0.05, 0) is 74.9 Å². The largest absolute Gasteiger partial charge is 0.468 e. The van der Waals surface area contributed by atoms with E-state index >= 15 is 0 Å². The van der Waals surface area contributed by atoms with Crippen LogP contribution in [0.5, 0.6) is 17.2 Å². The van der Waals surface area contributed by atoms with Gasteiger partial charge in [-0.3, -0.25) is 5.32 Å². The predicted molar refractivity (Wildman–Crippen MR) is 151 cm³/mol. The van der Waals surface area contributed by atoms with E-state index in [1.54, 1.807) is 18.6 Å². The summed E-state index contributed by atoms with van der Waals surface area (Å²) in [6, 6.07) is 19.7. The fourth-order valence-corrected chi connectivity index (χ4v) is 4.60. The Hall–Kier alpha value is -4.40. The summed E-state index contributed by atoms with van der Waals surface area (Å²) in [4.78, 5) is 18.2. The van der Waals surface area contributed by atoms with Crippen LogP contribution >= 0.6 is 0 Å². The van der Waals surface area contributed by atoms with E-state index in [2.05, 4.69) is 45.6 Å². The second kappa shape index (κ2) is 11.4. The molecule has 1 unspecified atom stereocenters. The summed E-state index contributed by atoms with van der Waals surface area (Å²) in [5, 5.41) is 11.2. The third-order valence-electron chi connectivity index (χ3n) is 6.70. The highest BCUT2D eigenvalue weighted by atomic mass is 16.6. The third-order valence-corrected chi connectivity index (χ3v) is 6.70. The molecule has 1 aliphatic carbocycles. The average molecular weight is 542 g/mol. The summed E-state index contributed by atoms with van der Waals surface area (Å²) < 4.78 is 18.1. The minimum atomic E-state index is -0.736. The zero-order chi connectivity index (χ0) is 28.2. The Morgan fingerprint density at radius 2 is 1.77 bits per heavy atom. The number of pyridine rings is 1. The van der Waals surface area contributed by atoms with E-state index in [9.17, 15) is 4.79 Å². The number of benzene rings is 2. The van der Waals surface area contributed by atoms with Crippen molar-refractivity contribution in [2.75, 3.05) is 0 Å². The fraction of sp³-hybridized carbons (Fsp3) is 0.355. The van der Waals surface area contributed by atoms with Gasteiger partial charge in [-0.1, -0.05) is 37.3 Å². The first-order chi connectivity index (χ1) is 19.2. The highest BCUT2D eigenvalue weighted by molar-refractivity contribution is 5.68. The maximum atomic E-state index is 12.4. The van der Waals surface area contributed by atoms with E-state index in [4.69, 9.17) is 14.2 Å². The lowest BCUT2D eigenvalue weighted by Gasteiger charge is -2.42. The molecule has 0 radical (unpaired) electrons. The second-order valence-corrected chi connectivity index (χ2v) is 11.1. The number of carbonyl (C=O) groups excluding carboxylic acids is 1. The lowest BCUT2D eigenvalue weighted by atomic mass is 9.88. The van der Waals surface area contributed by atoms with Gasteiger partial charge in [0.2, 0.25) is 0 Å². The highest BCUT2D eigenvalue weighted by Crippen LogP contribution is 2.36. The smallest absolute Gasteiger partial charge is 0.410 e. The zero-order valence-electron chi connectivity index (χ0n) is 23.3. The predicted octanol–water partition coefficient (Wildman–Crippen LogP) is 6.58. The molecule has 9 nitrogen and oxygen atoms in total. The van der Waals surface area contributed by atoms with Crippen LogP contribution in [0.1, 0.15) is 64.0 Å². The first-order valence-electron chi connectivity index (χ1n) is 13.6. The maximum Gasteiger partial charge on any atom is 0.410 e. The summed E-state index contributed by atoms with van der Waals surface area (Å²) in [5.74, 6) is 2.92. The van der Waals surface area contributed by atoms with Crippen LogP contribution in [0, 0.1) is 0 Å². The summed E-state index contributed by atoms with van der Waals surface area (Å²) in [6.45, 7) is 7.73. The van der Waals surface area contributed by atoms with Gasteiger partial charge in [0.15, 0.2) is 11.5 Å². The first kappa shape index (κ1) is 27.2. The van der Waals surface area contributed by atoms with E-state index in [0.717, 1.165) is 48.3 Å². The van der Waals surface area contributed by atoms with Gasteiger partial charge < -0.3 is 14.2 Å². The number of nitrogens with zero attached hydrogens (tertiary/aromatic N) is 4. The Morgan fingerprint density at radius 1 is 1.00 bits per heavy atom. The Kier molecular flexibility index (Phi) is 7.73. The number of hydrogen-bond acceptors (Lipinski definition) is 7. The normalized spacial score (nSPS) is 15.0. The van der Waals surface area contributed by atoms with Crippen LogP contribution in [0.2, 0.25) is 0 Å². The van der Waals surface area contributed by atoms with Gasteiger partial charge in [-0.2, -0.15) is 10.2 Å². The molecule has 0 saturated heterocycles. The Labute approximate surface area is 234 Å². The van der Waals surface area contributed by atoms with Crippen LogP contribution in [-0.2, 0) is 11.2 Å². The summed E-state index contributed by atoms with van der Waals surface area (Å²) in [7, 11) is 0. The van der Waals surface area contributed by atoms with Gasteiger partial charge in [-0.25, -0.2) is 9.78 Å². The van der Waals surface area contributed by atoms with Crippen molar-refractivity contribution < 1.29 is 19.0 Å². The molecular weight excluding hydrogens is 506 g/mol. The number of ether oxygens (including phenoxy) is 3. The molecule has 1 aliphatic rings. The zero-order valence-corrected chi connectivity index (χ0v) is 23.3. The summed E-state index contributed by atoms with van der Waals surface area (Å²) in [5.41, 5.74) is 0.912. The van der Waals surface area contributed by atoms with E-state index in [1.165, 1.54) is 4.80 Å². The van der Waals surface area contributed by atoms with Gasteiger partial charge in [0, 0.05) is 25.1 Å². The molecule has 1 atom stereocenters. The molecule has 0 aliphatic heterocycles. The monoisotopic (exact) mass is 541 g/mol. The van der Waals surface area contributed by atoms with Gasteiger partial charge in [-0.15, -0.1) is 4.80 Å². The lowest BCUT2D eigenvalue weighted by Crippen LogP contribution is -2.58. The Bertz CT molecular complexity index is 1440. The van der Waals surface area contributed by atoms with Crippen LogP contribution in [-0.4, -0.2) is 37.4 Å². The maximum absolute atomic E-state index is 12.4. The van der Waals surface area contributed by atoms with E-state index in [1.807, 2.05) is 63.2 Å². The van der Waals surface area contributed by atoms with Crippen molar-refractivity contribution in [2.45, 2.75) is 70.6 Å². The molecule has 2 heterocycles. The van der Waals surface area contributed by atoms with E-state index in [0.29, 0.717) is 11.6 Å². The molecule has 0 bridgehead atoms. The fourth-order valence-electron chi connectivity index (χ4n) is 4.60. The number of aromatic nitrogens is 4. The van der Waals surface area contributed by atoms with Crippen molar-refractivity contribution in [3.8, 4) is 23.1 Å². The minimum Gasteiger partial charge on any atom is -0.468 e. The number of alkyl carbamates (subject to hydrolysis) is 1. The van der Waals surface area contributed by atoms with Crippen molar-refractivity contribution in [3.63, 3.8) is 0 Å². The summed E-state index contributed by atoms with van der Waals surface area (Å²) in [6.07, 6.45) is 7.66. The topological polar surface area (TPSA) is 100 Å². The van der Waals surface area contributed by atoms with Crippen molar-refractivity contribution in [1.29, 1.82) is 0 Å². The van der Waals surface area contributed by atoms with Crippen LogP contribution in [0.15, 0.2) is 79.3 Å². The van der Waals surface area contributed by atoms with Gasteiger partial charge in [0.25, 0.3) is 0 Å².